The number of nitriles is 1. The number of para-hydroxylation sites is 2. The number of carbonyl (C=O) groups excluding carboxylic acids is 2. The van der Waals surface area contributed by atoms with E-state index in [2.05, 4.69) is 0 Å². The van der Waals surface area contributed by atoms with Crippen LogP contribution < -0.4 is 9.80 Å². The summed E-state index contributed by atoms with van der Waals surface area (Å²) in [4.78, 5) is 28.1. The van der Waals surface area contributed by atoms with Gasteiger partial charge in [0.05, 0.1) is 11.4 Å². The number of aromatic hydroxyl groups is 2. The summed E-state index contributed by atoms with van der Waals surface area (Å²) in [6.07, 6.45) is 0. The second-order valence-corrected chi connectivity index (χ2v) is 6.12. The number of hydrogen-bond donors (Lipinski definition) is 2. The number of esters is 1. The zero-order chi connectivity index (χ0) is 20.4. The zero-order valence-corrected chi connectivity index (χ0v) is 15.2. The molecular weight excluding hydrogens is 362 g/mol. The first-order chi connectivity index (χ1) is 13.3. The van der Waals surface area contributed by atoms with Gasteiger partial charge in [-0.1, -0.05) is 12.1 Å². The van der Waals surface area contributed by atoms with Crippen LogP contribution in [0, 0.1) is 11.3 Å². The van der Waals surface area contributed by atoms with Gasteiger partial charge in [0.25, 0.3) is 0 Å². The number of anilines is 2. The van der Waals surface area contributed by atoms with E-state index in [9.17, 15) is 25.1 Å². The Morgan fingerprint density at radius 3 is 2.21 bits per heavy atom. The third kappa shape index (κ3) is 3.21. The summed E-state index contributed by atoms with van der Waals surface area (Å²) in [7, 11) is 3.48. The summed E-state index contributed by atoms with van der Waals surface area (Å²) in [5, 5.41) is 28.5. The first-order valence-corrected chi connectivity index (χ1v) is 8.28. The lowest BCUT2D eigenvalue weighted by Gasteiger charge is -2.19. The number of carbonyl (C=O) groups is 2. The standard InChI is InChI=1S/C20H17N3O5/c1-22-15-5-3-4-6-16(15)23(2)19(22)14(10-21)18(26)11-28-20(27)13-8-7-12(24)9-17(13)25/h3-9,24-25H,11H2,1-2H3. The Balaban J connectivity index is 1.81. The van der Waals surface area contributed by atoms with Crippen molar-refractivity contribution in [3.8, 4) is 17.6 Å². The van der Waals surface area contributed by atoms with Crippen LogP contribution in [0.25, 0.3) is 0 Å². The van der Waals surface area contributed by atoms with Gasteiger partial charge in [-0.2, -0.15) is 5.26 Å². The lowest BCUT2D eigenvalue weighted by atomic mass is 10.1. The highest BCUT2D eigenvalue weighted by molar-refractivity contribution is 6.04. The van der Waals surface area contributed by atoms with E-state index in [1.807, 2.05) is 30.3 Å². The molecule has 0 aromatic heterocycles. The Morgan fingerprint density at radius 1 is 1.07 bits per heavy atom. The van der Waals surface area contributed by atoms with Crippen molar-refractivity contribution in [3.05, 3.63) is 59.4 Å². The highest BCUT2D eigenvalue weighted by Crippen LogP contribution is 2.40. The molecule has 2 N–H and O–H groups in total. The Bertz CT molecular complexity index is 1010. The Hall–Kier alpha value is -3.99. The molecule has 2 aromatic rings. The number of phenols is 2. The van der Waals surface area contributed by atoms with E-state index in [1.54, 1.807) is 23.9 Å². The van der Waals surface area contributed by atoms with E-state index in [1.165, 1.54) is 12.1 Å². The summed E-state index contributed by atoms with van der Waals surface area (Å²) in [5.41, 5.74) is 1.33. The largest absolute Gasteiger partial charge is 0.508 e. The molecule has 0 saturated carbocycles. The molecule has 3 rings (SSSR count). The van der Waals surface area contributed by atoms with Gasteiger partial charge in [0.2, 0.25) is 5.78 Å². The van der Waals surface area contributed by atoms with Gasteiger partial charge in [0, 0.05) is 20.2 Å². The molecule has 1 aliphatic heterocycles. The van der Waals surface area contributed by atoms with Crippen LogP contribution in [0.4, 0.5) is 11.4 Å². The number of Topliss-reactive ketones (excluding diaryl/α,β-unsaturated/α-hetero) is 1. The van der Waals surface area contributed by atoms with Crippen molar-refractivity contribution in [2.45, 2.75) is 0 Å². The molecule has 0 atom stereocenters. The van der Waals surface area contributed by atoms with Crippen LogP contribution in [0.5, 0.6) is 11.5 Å². The Morgan fingerprint density at radius 2 is 1.68 bits per heavy atom. The summed E-state index contributed by atoms with van der Waals surface area (Å²) in [5.74, 6) is -1.91. The first kappa shape index (κ1) is 18.8. The van der Waals surface area contributed by atoms with Crippen molar-refractivity contribution in [3.63, 3.8) is 0 Å². The van der Waals surface area contributed by atoms with Crippen molar-refractivity contribution in [2.75, 3.05) is 30.5 Å². The summed E-state index contributed by atoms with van der Waals surface area (Å²) in [6.45, 7) is -0.663. The maximum Gasteiger partial charge on any atom is 0.342 e. The van der Waals surface area contributed by atoms with Gasteiger partial charge in [0.15, 0.2) is 6.61 Å². The minimum atomic E-state index is -0.940. The number of fused-ring (bicyclic) bond motifs is 1. The van der Waals surface area contributed by atoms with Gasteiger partial charge in [-0.15, -0.1) is 0 Å². The van der Waals surface area contributed by atoms with Crippen LogP contribution in [0.2, 0.25) is 0 Å². The van der Waals surface area contributed by atoms with Gasteiger partial charge in [-0.3, -0.25) is 4.79 Å². The maximum absolute atomic E-state index is 12.6. The Kier molecular flexibility index (Phi) is 4.92. The fourth-order valence-corrected chi connectivity index (χ4v) is 3.03. The second-order valence-electron chi connectivity index (χ2n) is 6.12. The molecule has 0 aliphatic carbocycles. The smallest absolute Gasteiger partial charge is 0.342 e. The number of rotatable bonds is 4. The second kappa shape index (κ2) is 7.32. The summed E-state index contributed by atoms with van der Waals surface area (Å²) >= 11 is 0. The quantitative estimate of drug-likeness (QED) is 0.472. The third-order valence-corrected chi connectivity index (χ3v) is 4.39. The monoisotopic (exact) mass is 379 g/mol. The highest BCUT2D eigenvalue weighted by Gasteiger charge is 2.31. The number of phenolic OH excluding ortho intramolecular Hbond substituents is 2. The number of hydrogen-bond acceptors (Lipinski definition) is 8. The predicted octanol–water partition coefficient (Wildman–Crippen LogP) is 2.15. The van der Waals surface area contributed by atoms with Crippen LogP contribution in [0.3, 0.4) is 0 Å². The molecule has 2 aromatic carbocycles. The molecule has 0 radical (unpaired) electrons. The van der Waals surface area contributed by atoms with Crippen LogP contribution in [-0.4, -0.2) is 42.7 Å². The third-order valence-electron chi connectivity index (χ3n) is 4.39. The van der Waals surface area contributed by atoms with Crippen molar-refractivity contribution < 1.29 is 24.5 Å². The Labute approximate surface area is 161 Å². The summed E-state index contributed by atoms with van der Waals surface area (Å²) < 4.78 is 4.95. The van der Waals surface area contributed by atoms with Crippen molar-refractivity contribution in [1.29, 1.82) is 5.26 Å². The lowest BCUT2D eigenvalue weighted by Crippen LogP contribution is -2.27. The van der Waals surface area contributed by atoms with E-state index >= 15 is 0 Å². The molecule has 0 fully saturated rings. The van der Waals surface area contributed by atoms with Gasteiger partial charge >= 0.3 is 5.97 Å². The van der Waals surface area contributed by atoms with Crippen molar-refractivity contribution >= 4 is 23.1 Å². The van der Waals surface area contributed by atoms with Crippen LogP contribution >= 0.6 is 0 Å². The highest BCUT2D eigenvalue weighted by atomic mass is 16.5. The number of nitrogens with zero attached hydrogens (tertiary/aromatic N) is 3. The van der Waals surface area contributed by atoms with Crippen molar-refractivity contribution in [2.24, 2.45) is 0 Å². The number of benzene rings is 2. The topological polar surface area (TPSA) is 114 Å². The molecule has 28 heavy (non-hydrogen) atoms. The molecule has 142 valence electrons. The number of ether oxygens (including phenoxy) is 1. The molecule has 0 amide bonds. The fourth-order valence-electron chi connectivity index (χ4n) is 3.03. The van der Waals surface area contributed by atoms with E-state index in [0.717, 1.165) is 17.4 Å². The predicted molar refractivity (Wildman–Crippen MR) is 101 cm³/mol. The fraction of sp³-hybridized carbons (Fsp3) is 0.150. The van der Waals surface area contributed by atoms with Gasteiger partial charge < -0.3 is 24.7 Å². The minimum Gasteiger partial charge on any atom is -0.508 e. The van der Waals surface area contributed by atoms with E-state index in [4.69, 9.17) is 4.74 Å². The molecule has 0 unspecified atom stereocenters. The molecule has 1 heterocycles. The molecule has 8 nitrogen and oxygen atoms in total. The van der Waals surface area contributed by atoms with Crippen molar-refractivity contribution in [1.82, 2.24) is 0 Å². The average molecular weight is 379 g/mol. The van der Waals surface area contributed by atoms with E-state index in [0.29, 0.717) is 5.82 Å². The summed E-state index contributed by atoms with van der Waals surface area (Å²) in [6, 6.07) is 12.7. The molecule has 0 saturated heterocycles. The van der Waals surface area contributed by atoms with Crippen LogP contribution in [-0.2, 0) is 9.53 Å². The molecular formula is C20H17N3O5. The van der Waals surface area contributed by atoms with Gasteiger partial charge in [-0.25, -0.2) is 4.79 Å². The maximum atomic E-state index is 12.6. The van der Waals surface area contributed by atoms with E-state index < -0.39 is 24.1 Å². The first-order valence-electron chi connectivity index (χ1n) is 8.28. The van der Waals surface area contributed by atoms with Gasteiger partial charge in [0.1, 0.15) is 34.5 Å². The minimum absolute atomic E-state index is 0.149. The van der Waals surface area contributed by atoms with Gasteiger partial charge in [-0.05, 0) is 24.3 Å². The molecule has 8 heteroatoms. The lowest BCUT2D eigenvalue weighted by molar-refractivity contribution is -0.118. The SMILES string of the molecule is CN1C(=C(C#N)C(=O)COC(=O)c2ccc(O)cc2O)N(C)c2ccccc21. The zero-order valence-electron chi connectivity index (χ0n) is 15.2. The normalized spacial score (nSPS) is 12.4. The van der Waals surface area contributed by atoms with E-state index in [-0.39, 0.29) is 16.9 Å². The molecule has 1 aliphatic rings. The number of ketones is 1. The van der Waals surface area contributed by atoms with Crippen LogP contribution in [0.1, 0.15) is 10.4 Å². The molecule has 0 spiro atoms. The average Bonchev–Trinajstić information content (AvgIpc) is 2.92. The van der Waals surface area contributed by atoms with Crippen LogP contribution in [0.15, 0.2) is 53.9 Å². The molecule has 0 bridgehead atoms.